The van der Waals surface area contributed by atoms with Gasteiger partial charge in [0.1, 0.15) is 38.6 Å². The van der Waals surface area contributed by atoms with E-state index in [-0.39, 0.29) is 0 Å². The zero-order chi connectivity index (χ0) is 37.6. The molecule has 3 heterocycles. The summed E-state index contributed by atoms with van der Waals surface area (Å²) in [6.45, 7) is 5.62. The molecule has 0 bridgehead atoms. The second-order valence-electron chi connectivity index (χ2n) is 11.5. The van der Waals surface area contributed by atoms with Gasteiger partial charge >= 0.3 is 47.8 Å². The number of carbonyl (C=O) groups excluding carboxylic acids is 8. The molecule has 0 aromatic carbocycles. The average molecular weight is 721 g/mol. The SMILES string of the molecule is CC(=O)OC[C@H]1O[C@@]2(CO[C@]3(CO2)O[C@H](COC(C)=O)[C@H](OC(C)=O)[C@H](OC(C)=O)[C@H]3OC(C)=O)[C@H](OC(C)=O)[C@@H](OC(C)=O)[C@H]1OC(C)=O. The highest BCUT2D eigenvalue weighted by atomic mass is 16.8. The number of hydrogen-bond donors (Lipinski definition) is 0. The van der Waals surface area contributed by atoms with E-state index in [9.17, 15) is 38.4 Å². The lowest BCUT2D eigenvalue weighted by atomic mass is 9.88. The molecule has 280 valence electrons. The third-order valence-electron chi connectivity index (χ3n) is 7.28. The predicted octanol–water partition coefficient (Wildman–Crippen LogP) is -1.06. The smallest absolute Gasteiger partial charge is 0.303 e. The van der Waals surface area contributed by atoms with Gasteiger partial charge in [0.2, 0.25) is 11.6 Å². The molecule has 0 aromatic rings. The van der Waals surface area contributed by atoms with Crippen LogP contribution in [-0.4, -0.2) is 135 Å². The van der Waals surface area contributed by atoms with Crippen molar-refractivity contribution in [1.82, 2.24) is 0 Å². The van der Waals surface area contributed by atoms with E-state index in [2.05, 4.69) is 0 Å². The third kappa shape index (κ3) is 9.86. The molecule has 20 heteroatoms. The Morgan fingerprint density at radius 2 is 0.720 bits per heavy atom. The molecule has 3 fully saturated rings. The molecule has 0 aliphatic carbocycles. The van der Waals surface area contributed by atoms with Crippen molar-refractivity contribution in [3.8, 4) is 0 Å². The van der Waals surface area contributed by atoms with Crippen LogP contribution >= 0.6 is 0 Å². The van der Waals surface area contributed by atoms with Gasteiger partial charge in [-0.25, -0.2) is 0 Å². The van der Waals surface area contributed by atoms with Crippen molar-refractivity contribution in [2.24, 2.45) is 0 Å². The molecule has 0 saturated carbocycles. The zero-order valence-electron chi connectivity index (χ0n) is 28.6. The van der Waals surface area contributed by atoms with E-state index >= 15 is 0 Å². The Hall–Kier alpha value is -4.40. The molecular formula is C30H40O20. The van der Waals surface area contributed by atoms with Gasteiger partial charge in [-0.2, -0.15) is 0 Å². The fraction of sp³-hybridized carbons (Fsp3) is 0.733. The molecule has 50 heavy (non-hydrogen) atoms. The first-order valence-corrected chi connectivity index (χ1v) is 15.2. The van der Waals surface area contributed by atoms with E-state index < -0.39 is 135 Å². The summed E-state index contributed by atoms with van der Waals surface area (Å²) < 4.78 is 67.7. The fourth-order valence-corrected chi connectivity index (χ4v) is 5.68. The summed E-state index contributed by atoms with van der Waals surface area (Å²) in [5.41, 5.74) is 0. The van der Waals surface area contributed by atoms with Crippen molar-refractivity contribution in [2.75, 3.05) is 26.4 Å². The molecule has 3 saturated heterocycles. The van der Waals surface area contributed by atoms with Crippen LogP contribution in [0.2, 0.25) is 0 Å². The second-order valence-corrected chi connectivity index (χ2v) is 11.5. The van der Waals surface area contributed by atoms with Gasteiger partial charge in [0.05, 0.1) is 0 Å². The maximum atomic E-state index is 12.4. The first-order chi connectivity index (χ1) is 23.3. The summed E-state index contributed by atoms with van der Waals surface area (Å²) in [5, 5.41) is 0. The maximum Gasteiger partial charge on any atom is 0.303 e. The second kappa shape index (κ2) is 16.5. The van der Waals surface area contributed by atoms with Crippen LogP contribution in [0.4, 0.5) is 0 Å². The summed E-state index contributed by atoms with van der Waals surface area (Å²) in [4.78, 5) is 97.2. The molecule has 10 atom stereocenters. The molecule has 3 aliphatic heterocycles. The average Bonchev–Trinajstić information content (AvgIpc) is 2.98. The lowest BCUT2D eigenvalue weighted by Crippen LogP contribution is -2.77. The lowest BCUT2D eigenvalue weighted by molar-refractivity contribution is -0.466. The summed E-state index contributed by atoms with van der Waals surface area (Å²) in [6.07, 6.45) is -12.6. The summed E-state index contributed by atoms with van der Waals surface area (Å²) in [7, 11) is 0. The van der Waals surface area contributed by atoms with Crippen LogP contribution in [0.25, 0.3) is 0 Å². The van der Waals surface area contributed by atoms with Crippen molar-refractivity contribution in [3.05, 3.63) is 0 Å². The highest BCUT2D eigenvalue weighted by Crippen LogP contribution is 2.45. The van der Waals surface area contributed by atoms with Gasteiger partial charge in [-0.1, -0.05) is 0 Å². The van der Waals surface area contributed by atoms with Gasteiger partial charge in [-0.05, 0) is 0 Å². The minimum absolute atomic E-state index is 0.580. The third-order valence-corrected chi connectivity index (χ3v) is 7.28. The summed E-state index contributed by atoms with van der Waals surface area (Å²) >= 11 is 0. The van der Waals surface area contributed by atoms with Crippen LogP contribution < -0.4 is 0 Å². The molecule has 2 spiro atoms. The molecule has 0 aromatic heterocycles. The molecule has 0 radical (unpaired) electrons. The number of esters is 8. The number of rotatable bonds is 10. The Balaban J connectivity index is 2.15. The molecule has 3 aliphatic rings. The Morgan fingerprint density at radius 1 is 0.440 bits per heavy atom. The molecule has 0 N–H and O–H groups in total. The fourth-order valence-electron chi connectivity index (χ4n) is 5.68. The van der Waals surface area contributed by atoms with Crippen LogP contribution in [0.3, 0.4) is 0 Å². The van der Waals surface area contributed by atoms with Gasteiger partial charge < -0.3 is 56.8 Å². The molecular weight excluding hydrogens is 680 g/mol. The van der Waals surface area contributed by atoms with Crippen molar-refractivity contribution in [1.29, 1.82) is 0 Å². The van der Waals surface area contributed by atoms with Gasteiger partial charge in [0.15, 0.2) is 36.6 Å². The molecule has 3 rings (SSSR count). The highest BCUT2D eigenvalue weighted by Gasteiger charge is 2.69. The summed E-state index contributed by atoms with van der Waals surface area (Å²) in [6, 6.07) is 0. The lowest BCUT2D eigenvalue weighted by Gasteiger charge is -2.57. The van der Waals surface area contributed by atoms with Crippen LogP contribution in [0, 0.1) is 0 Å². The van der Waals surface area contributed by atoms with E-state index in [1.165, 1.54) is 0 Å². The Bertz CT molecular complexity index is 1230. The summed E-state index contributed by atoms with van der Waals surface area (Å²) in [5.74, 6) is -11.4. The van der Waals surface area contributed by atoms with Crippen LogP contribution in [0.15, 0.2) is 0 Å². The zero-order valence-corrected chi connectivity index (χ0v) is 28.6. The first-order valence-electron chi connectivity index (χ1n) is 15.2. The van der Waals surface area contributed by atoms with Gasteiger partial charge in [0, 0.05) is 55.4 Å². The number of ether oxygens (including phenoxy) is 12. The van der Waals surface area contributed by atoms with E-state index in [1.54, 1.807) is 0 Å². The molecule has 0 amide bonds. The quantitative estimate of drug-likeness (QED) is 0.193. The van der Waals surface area contributed by atoms with E-state index in [4.69, 9.17) is 56.8 Å². The largest absolute Gasteiger partial charge is 0.463 e. The Morgan fingerprint density at radius 3 is 0.960 bits per heavy atom. The minimum atomic E-state index is -2.24. The molecule has 0 unspecified atom stereocenters. The van der Waals surface area contributed by atoms with E-state index in [0.717, 1.165) is 55.4 Å². The van der Waals surface area contributed by atoms with Gasteiger partial charge in [0.25, 0.3) is 0 Å². The highest BCUT2D eigenvalue weighted by molar-refractivity contribution is 5.70. The van der Waals surface area contributed by atoms with E-state index in [1.807, 2.05) is 0 Å². The predicted molar refractivity (Wildman–Crippen MR) is 154 cm³/mol. The number of carbonyl (C=O) groups is 8. The van der Waals surface area contributed by atoms with Crippen LogP contribution in [0.5, 0.6) is 0 Å². The number of hydrogen-bond acceptors (Lipinski definition) is 20. The van der Waals surface area contributed by atoms with Crippen molar-refractivity contribution in [3.63, 3.8) is 0 Å². The van der Waals surface area contributed by atoms with E-state index in [0.29, 0.717) is 0 Å². The monoisotopic (exact) mass is 720 g/mol. The minimum Gasteiger partial charge on any atom is -0.463 e. The van der Waals surface area contributed by atoms with Crippen molar-refractivity contribution < 1.29 is 95.2 Å². The normalized spacial score (nSPS) is 33.3. The molecule has 20 nitrogen and oxygen atoms in total. The Labute approximate surface area is 285 Å². The first kappa shape index (κ1) is 40.0. The van der Waals surface area contributed by atoms with Crippen molar-refractivity contribution in [2.45, 2.75) is 116 Å². The van der Waals surface area contributed by atoms with Crippen molar-refractivity contribution >= 4 is 47.8 Å². The van der Waals surface area contributed by atoms with Gasteiger partial charge in [-0.15, -0.1) is 0 Å². The Kier molecular flexibility index (Phi) is 13.2. The van der Waals surface area contributed by atoms with Crippen LogP contribution in [0.1, 0.15) is 55.4 Å². The van der Waals surface area contributed by atoms with Gasteiger partial charge in [-0.3, -0.25) is 38.4 Å². The maximum absolute atomic E-state index is 12.4. The van der Waals surface area contributed by atoms with Crippen LogP contribution in [-0.2, 0) is 95.2 Å². The topological polar surface area (TPSA) is 247 Å². The standard InChI is InChI=1S/C30H40O20/c1-13(31)39-9-21-23(43-15(3)33)25(45-17(5)35)27(47-19(7)37)29(49-21)11-42-30(12-41-29)28(48-20(8)38)26(46-18(6)36)24(44-16(4)34)22(50-30)10-40-14(2)32/h21-28H,9-12H2,1-8H3/t21-,22-,23+,24+,25+,26+,27-,28-,29-,30+/m1/s1.